The fourth-order valence-corrected chi connectivity index (χ4v) is 6.65. The molecule has 4 bridgehead atoms. The maximum Gasteiger partial charge on any atom is 0.338 e. The van der Waals surface area contributed by atoms with Crippen molar-refractivity contribution in [3.05, 3.63) is 35.4 Å². The van der Waals surface area contributed by atoms with Gasteiger partial charge in [-0.15, -0.1) is 0 Å². The van der Waals surface area contributed by atoms with Crippen LogP contribution >= 0.6 is 0 Å². The first-order valence-corrected chi connectivity index (χ1v) is 11.3. The van der Waals surface area contributed by atoms with Crippen molar-refractivity contribution in [2.45, 2.75) is 63.5 Å². The SMILES string of the molecule is O=C(COC(=O)c1ccc(CN2CCCC2=O)cc1)NC12CC3CC(CC(C3)C1)C2. The molecular weight excluding hydrogens is 380 g/mol. The van der Waals surface area contributed by atoms with Crippen LogP contribution in [0.25, 0.3) is 0 Å². The van der Waals surface area contributed by atoms with E-state index in [1.807, 2.05) is 17.0 Å². The minimum absolute atomic E-state index is 0.0626. The molecule has 6 heteroatoms. The van der Waals surface area contributed by atoms with Crippen molar-refractivity contribution >= 4 is 17.8 Å². The molecule has 1 aliphatic heterocycles. The fraction of sp³-hybridized carbons (Fsp3) is 0.625. The van der Waals surface area contributed by atoms with Crippen molar-refractivity contribution in [2.24, 2.45) is 17.8 Å². The summed E-state index contributed by atoms with van der Waals surface area (Å²) < 4.78 is 5.28. The summed E-state index contributed by atoms with van der Waals surface area (Å²) in [6, 6.07) is 7.10. The van der Waals surface area contributed by atoms with Gasteiger partial charge in [0.25, 0.3) is 5.91 Å². The molecule has 0 unspecified atom stereocenters. The summed E-state index contributed by atoms with van der Waals surface area (Å²) in [5.41, 5.74) is 1.35. The van der Waals surface area contributed by atoms with Gasteiger partial charge in [-0.2, -0.15) is 0 Å². The molecule has 1 heterocycles. The highest BCUT2D eigenvalue weighted by molar-refractivity contribution is 5.91. The van der Waals surface area contributed by atoms with E-state index < -0.39 is 5.97 Å². The van der Waals surface area contributed by atoms with Gasteiger partial charge in [0.2, 0.25) is 5.91 Å². The van der Waals surface area contributed by atoms with Crippen molar-refractivity contribution in [3.63, 3.8) is 0 Å². The number of hydrogen-bond acceptors (Lipinski definition) is 4. The van der Waals surface area contributed by atoms with Crippen LogP contribution in [0, 0.1) is 17.8 Å². The summed E-state index contributed by atoms with van der Waals surface area (Å²) >= 11 is 0. The van der Waals surface area contributed by atoms with Crippen LogP contribution in [0.15, 0.2) is 24.3 Å². The predicted octanol–water partition coefficient (Wildman–Crippen LogP) is 3.05. The second-order valence-electron chi connectivity index (χ2n) is 9.94. The summed E-state index contributed by atoms with van der Waals surface area (Å²) in [5.74, 6) is 1.79. The molecule has 5 fully saturated rings. The van der Waals surface area contributed by atoms with Gasteiger partial charge in [-0.05, 0) is 80.4 Å². The lowest BCUT2D eigenvalue weighted by molar-refractivity contribution is -0.130. The highest BCUT2D eigenvalue weighted by atomic mass is 16.5. The maximum absolute atomic E-state index is 12.5. The maximum atomic E-state index is 12.5. The second-order valence-corrected chi connectivity index (χ2v) is 9.94. The summed E-state index contributed by atoms with van der Waals surface area (Å²) in [6.45, 7) is 1.13. The molecule has 30 heavy (non-hydrogen) atoms. The number of carbonyl (C=O) groups is 3. The lowest BCUT2D eigenvalue weighted by Crippen LogP contribution is -2.60. The number of carbonyl (C=O) groups excluding carboxylic acids is 3. The molecular formula is C24H30N2O4. The Kier molecular flexibility index (Phi) is 5.03. The van der Waals surface area contributed by atoms with Gasteiger partial charge in [-0.25, -0.2) is 4.79 Å². The lowest BCUT2D eigenvalue weighted by Gasteiger charge is -2.56. The molecule has 1 N–H and O–H groups in total. The third kappa shape index (κ3) is 3.96. The topological polar surface area (TPSA) is 75.7 Å². The number of nitrogens with one attached hydrogen (secondary N) is 1. The number of benzene rings is 1. The molecule has 1 saturated heterocycles. The third-order valence-electron chi connectivity index (χ3n) is 7.51. The molecule has 2 amide bonds. The van der Waals surface area contributed by atoms with E-state index in [2.05, 4.69) is 5.32 Å². The standard InChI is InChI=1S/C24H30N2O4/c27-21(25-24-11-17-8-18(12-24)10-19(9-17)13-24)15-30-23(29)20-5-3-16(4-6-20)14-26-7-1-2-22(26)28/h3-6,17-19H,1-2,7-15H2,(H,25,27). The Morgan fingerprint density at radius 2 is 1.67 bits per heavy atom. The van der Waals surface area contributed by atoms with E-state index in [9.17, 15) is 14.4 Å². The highest BCUT2D eigenvalue weighted by Gasteiger charge is 2.51. The van der Waals surface area contributed by atoms with Gasteiger partial charge in [-0.3, -0.25) is 9.59 Å². The number of rotatable bonds is 6. The van der Waals surface area contributed by atoms with E-state index in [-0.39, 0.29) is 24.0 Å². The van der Waals surface area contributed by atoms with Crippen LogP contribution in [-0.2, 0) is 20.9 Å². The van der Waals surface area contributed by atoms with Crippen molar-refractivity contribution in [2.75, 3.05) is 13.2 Å². The average molecular weight is 411 g/mol. The molecule has 5 aliphatic rings. The summed E-state index contributed by atoms with van der Waals surface area (Å²) in [7, 11) is 0. The molecule has 1 aromatic rings. The van der Waals surface area contributed by atoms with E-state index in [1.165, 1.54) is 19.3 Å². The molecule has 4 saturated carbocycles. The largest absolute Gasteiger partial charge is 0.452 e. The normalized spacial score (nSPS) is 31.8. The Morgan fingerprint density at radius 1 is 1.03 bits per heavy atom. The second kappa shape index (κ2) is 7.71. The van der Waals surface area contributed by atoms with Crippen molar-refractivity contribution in [1.29, 1.82) is 0 Å². The summed E-state index contributed by atoms with van der Waals surface area (Å²) in [6.07, 6.45) is 8.76. The van der Waals surface area contributed by atoms with Crippen LogP contribution in [0.5, 0.6) is 0 Å². The van der Waals surface area contributed by atoms with Gasteiger partial charge < -0.3 is 15.0 Å². The fourth-order valence-electron chi connectivity index (χ4n) is 6.65. The quantitative estimate of drug-likeness (QED) is 0.732. The van der Waals surface area contributed by atoms with Gasteiger partial charge >= 0.3 is 5.97 Å². The number of nitrogens with zero attached hydrogens (tertiary/aromatic N) is 1. The van der Waals surface area contributed by atoms with E-state index in [0.717, 1.165) is 55.5 Å². The van der Waals surface area contributed by atoms with Gasteiger partial charge in [0, 0.05) is 25.0 Å². The zero-order chi connectivity index (χ0) is 20.7. The van der Waals surface area contributed by atoms with Crippen molar-refractivity contribution in [3.8, 4) is 0 Å². The third-order valence-corrected chi connectivity index (χ3v) is 7.51. The average Bonchev–Trinajstić information content (AvgIpc) is 3.10. The Morgan fingerprint density at radius 3 is 2.23 bits per heavy atom. The molecule has 4 aliphatic carbocycles. The number of ether oxygens (including phenoxy) is 1. The first kappa shape index (κ1) is 19.6. The van der Waals surface area contributed by atoms with Crippen LogP contribution in [0.2, 0.25) is 0 Å². The summed E-state index contributed by atoms with van der Waals surface area (Å²) in [5, 5.41) is 3.23. The monoisotopic (exact) mass is 410 g/mol. The van der Waals surface area contributed by atoms with E-state index >= 15 is 0 Å². The van der Waals surface area contributed by atoms with Gasteiger partial charge in [0.1, 0.15) is 0 Å². The zero-order valence-corrected chi connectivity index (χ0v) is 17.4. The van der Waals surface area contributed by atoms with Crippen LogP contribution < -0.4 is 5.32 Å². The van der Waals surface area contributed by atoms with Crippen LogP contribution in [0.3, 0.4) is 0 Å². The smallest absolute Gasteiger partial charge is 0.338 e. The Labute approximate surface area is 177 Å². The lowest BCUT2D eigenvalue weighted by atomic mass is 9.53. The van der Waals surface area contributed by atoms with E-state index in [0.29, 0.717) is 18.5 Å². The zero-order valence-electron chi connectivity index (χ0n) is 17.4. The van der Waals surface area contributed by atoms with Gasteiger partial charge in [0.05, 0.1) is 5.56 Å². The number of esters is 1. The summed E-state index contributed by atoms with van der Waals surface area (Å²) in [4.78, 5) is 38.5. The highest BCUT2D eigenvalue weighted by Crippen LogP contribution is 2.55. The molecule has 0 radical (unpaired) electrons. The Hall–Kier alpha value is -2.37. The molecule has 6 nitrogen and oxygen atoms in total. The molecule has 0 aromatic heterocycles. The molecule has 160 valence electrons. The van der Waals surface area contributed by atoms with E-state index in [1.54, 1.807) is 12.1 Å². The predicted molar refractivity (Wildman–Crippen MR) is 110 cm³/mol. The first-order chi connectivity index (χ1) is 14.5. The molecule has 0 atom stereocenters. The van der Waals surface area contributed by atoms with Gasteiger partial charge in [0.15, 0.2) is 6.61 Å². The van der Waals surface area contributed by atoms with Gasteiger partial charge in [-0.1, -0.05) is 12.1 Å². The number of likely N-dealkylation sites (tertiary alicyclic amines) is 1. The molecule has 0 spiro atoms. The van der Waals surface area contributed by atoms with Crippen LogP contribution in [0.4, 0.5) is 0 Å². The minimum atomic E-state index is -0.487. The molecule has 6 rings (SSSR count). The van der Waals surface area contributed by atoms with Crippen LogP contribution in [0.1, 0.15) is 67.3 Å². The Bertz CT molecular complexity index is 812. The Balaban J connectivity index is 1.12. The minimum Gasteiger partial charge on any atom is -0.452 e. The number of hydrogen-bond donors (Lipinski definition) is 1. The van der Waals surface area contributed by atoms with Crippen LogP contribution in [-0.4, -0.2) is 41.4 Å². The van der Waals surface area contributed by atoms with E-state index in [4.69, 9.17) is 4.74 Å². The van der Waals surface area contributed by atoms with Crippen molar-refractivity contribution < 1.29 is 19.1 Å². The number of amides is 2. The molecule has 1 aromatic carbocycles. The van der Waals surface area contributed by atoms with Crippen molar-refractivity contribution in [1.82, 2.24) is 10.2 Å². The first-order valence-electron chi connectivity index (χ1n) is 11.3.